The molecule has 0 unspecified atom stereocenters. The van der Waals surface area contributed by atoms with E-state index in [-0.39, 0.29) is 11.3 Å². The van der Waals surface area contributed by atoms with E-state index < -0.39 is 22.7 Å². The zero-order valence-corrected chi connectivity index (χ0v) is 16.1. The maximum absolute atomic E-state index is 12.9. The van der Waals surface area contributed by atoms with E-state index in [1.165, 1.54) is 12.3 Å². The van der Waals surface area contributed by atoms with Crippen molar-refractivity contribution in [1.29, 1.82) is 5.26 Å². The van der Waals surface area contributed by atoms with Gasteiger partial charge in [-0.1, -0.05) is 29.8 Å². The lowest BCUT2D eigenvalue weighted by atomic mass is 10.1. The van der Waals surface area contributed by atoms with Crippen LogP contribution in [0.4, 0.5) is 18.9 Å². The minimum atomic E-state index is -4.66. The number of hydrogen-bond acceptors (Lipinski definition) is 4. The molecule has 0 aliphatic heterocycles. The highest BCUT2D eigenvalue weighted by Gasteiger charge is 2.33. The van der Waals surface area contributed by atoms with Gasteiger partial charge >= 0.3 is 6.18 Å². The number of carbonyl (C=O) groups excluding carboxylic acids is 1. The number of para-hydroxylation sites is 1. The van der Waals surface area contributed by atoms with Crippen molar-refractivity contribution >= 4 is 23.2 Å². The van der Waals surface area contributed by atoms with Gasteiger partial charge in [-0.2, -0.15) is 18.4 Å². The Labute approximate surface area is 170 Å². The van der Waals surface area contributed by atoms with Gasteiger partial charge in [0.15, 0.2) is 0 Å². The van der Waals surface area contributed by atoms with E-state index in [4.69, 9.17) is 21.6 Å². The molecule has 0 spiro atoms. The van der Waals surface area contributed by atoms with E-state index in [9.17, 15) is 18.0 Å². The summed E-state index contributed by atoms with van der Waals surface area (Å²) >= 11 is 5.55. The molecule has 0 aliphatic rings. The van der Waals surface area contributed by atoms with Crippen LogP contribution in [0, 0.1) is 11.3 Å². The number of halogens is 4. The highest BCUT2D eigenvalue weighted by Crippen LogP contribution is 2.36. The Balaban J connectivity index is 2.01. The minimum Gasteiger partial charge on any atom is -0.496 e. The van der Waals surface area contributed by atoms with E-state index in [1.807, 2.05) is 24.3 Å². The second-order valence-electron chi connectivity index (χ2n) is 5.83. The molecule has 0 aliphatic carbocycles. The molecule has 0 radical (unpaired) electrons. The van der Waals surface area contributed by atoms with Crippen molar-refractivity contribution in [2.45, 2.75) is 12.6 Å². The van der Waals surface area contributed by atoms with Gasteiger partial charge < -0.3 is 15.4 Å². The standard InChI is InChI=1S/C20H17ClF3N3O2/c1-29-18-5-3-2-4-13(18)8-9-26-12-14(11-25)19(28)27-15-6-7-17(21)16(10-15)20(22,23)24/h2-7,10,12,26H,8-9H2,1H3,(H,27,28)/b14-12-. The Bertz CT molecular complexity index is 953. The summed E-state index contributed by atoms with van der Waals surface area (Å²) in [6.45, 7) is 0.415. The van der Waals surface area contributed by atoms with Crippen molar-refractivity contribution in [3.8, 4) is 11.8 Å². The maximum atomic E-state index is 12.9. The summed E-state index contributed by atoms with van der Waals surface area (Å²) in [5.41, 5.74) is -0.537. The van der Waals surface area contributed by atoms with Crippen LogP contribution >= 0.6 is 11.6 Å². The van der Waals surface area contributed by atoms with E-state index in [0.717, 1.165) is 17.4 Å². The number of nitrogens with zero attached hydrogens (tertiary/aromatic N) is 1. The van der Waals surface area contributed by atoms with Gasteiger partial charge in [-0.05, 0) is 36.2 Å². The number of anilines is 1. The van der Waals surface area contributed by atoms with Crippen LogP contribution in [0.1, 0.15) is 11.1 Å². The monoisotopic (exact) mass is 423 g/mol. The Morgan fingerprint density at radius 1 is 1.28 bits per heavy atom. The Morgan fingerprint density at radius 3 is 2.66 bits per heavy atom. The minimum absolute atomic E-state index is 0.123. The van der Waals surface area contributed by atoms with Gasteiger partial charge in [0, 0.05) is 18.4 Å². The average Bonchev–Trinajstić information content (AvgIpc) is 2.68. The first kappa shape index (κ1) is 22.1. The number of hydrogen-bond donors (Lipinski definition) is 2. The van der Waals surface area contributed by atoms with Crippen molar-refractivity contribution < 1.29 is 22.7 Å². The normalized spacial score (nSPS) is 11.5. The van der Waals surface area contributed by atoms with E-state index >= 15 is 0 Å². The molecule has 0 saturated heterocycles. The number of carbonyl (C=O) groups is 1. The molecule has 0 aromatic heterocycles. The second kappa shape index (κ2) is 9.85. The molecule has 9 heteroatoms. The summed E-state index contributed by atoms with van der Waals surface area (Å²) in [4.78, 5) is 12.2. The van der Waals surface area contributed by atoms with Gasteiger partial charge in [-0.15, -0.1) is 0 Å². The van der Waals surface area contributed by atoms with E-state index in [0.29, 0.717) is 19.0 Å². The molecule has 152 valence electrons. The van der Waals surface area contributed by atoms with Gasteiger partial charge in [0.2, 0.25) is 0 Å². The van der Waals surface area contributed by atoms with Crippen molar-refractivity contribution in [3.05, 3.63) is 70.4 Å². The first-order valence-electron chi connectivity index (χ1n) is 8.40. The van der Waals surface area contributed by atoms with Crippen molar-refractivity contribution in [2.75, 3.05) is 19.0 Å². The lowest BCUT2D eigenvalue weighted by Gasteiger charge is -2.11. The third-order valence-corrected chi connectivity index (χ3v) is 4.20. The fraction of sp³-hybridized carbons (Fsp3) is 0.200. The molecular weight excluding hydrogens is 407 g/mol. The smallest absolute Gasteiger partial charge is 0.417 e. The molecule has 2 N–H and O–H groups in total. The molecule has 0 fully saturated rings. The number of methoxy groups -OCH3 is 1. The molecule has 0 atom stereocenters. The summed E-state index contributed by atoms with van der Waals surface area (Å²) in [5, 5.41) is 13.8. The van der Waals surface area contributed by atoms with Crippen LogP contribution in [0.2, 0.25) is 5.02 Å². The molecule has 2 aromatic carbocycles. The Hall–Kier alpha value is -3.18. The SMILES string of the molecule is COc1ccccc1CCN/C=C(/C#N)C(=O)Nc1ccc(Cl)c(C(F)(F)F)c1. The van der Waals surface area contributed by atoms with Crippen LogP contribution in [0.25, 0.3) is 0 Å². The predicted molar refractivity (Wildman–Crippen MR) is 103 cm³/mol. The van der Waals surface area contributed by atoms with Crippen LogP contribution in [0.15, 0.2) is 54.2 Å². The van der Waals surface area contributed by atoms with E-state index in [2.05, 4.69) is 10.6 Å². The summed E-state index contributed by atoms with van der Waals surface area (Å²) in [6, 6.07) is 12.1. The predicted octanol–water partition coefficient (Wildman–Crippen LogP) is 4.55. The molecular formula is C20H17ClF3N3O2. The summed E-state index contributed by atoms with van der Waals surface area (Å²) < 4.78 is 44.0. The highest BCUT2D eigenvalue weighted by atomic mass is 35.5. The number of nitriles is 1. The van der Waals surface area contributed by atoms with Crippen molar-refractivity contribution in [3.63, 3.8) is 0 Å². The van der Waals surface area contributed by atoms with Gasteiger partial charge in [-0.3, -0.25) is 4.79 Å². The lowest BCUT2D eigenvalue weighted by molar-refractivity contribution is -0.137. The van der Waals surface area contributed by atoms with Gasteiger partial charge in [0.1, 0.15) is 17.4 Å². The number of alkyl halides is 3. The van der Waals surface area contributed by atoms with Gasteiger partial charge in [-0.25, -0.2) is 0 Å². The number of benzene rings is 2. The highest BCUT2D eigenvalue weighted by molar-refractivity contribution is 6.31. The van der Waals surface area contributed by atoms with Crippen LogP contribution < -0.4 is 15.4 Å². The number of nitrogens with one attached hydrogen (secondary N) is 2. The molecule has 29 heavy (non-hydrogen) atoms. The molecule has 0 heterocycles. The first-order valence-corrected chi connectivity index (χ1v) is 8.77. The Kier molecular flexibility index (Phi) is 7.51. The van der Waals surface area contributed by atoms with Gasteiger partial charge in [0.05, 0.1) is 17.7 Å². The Morgan fingerprint density at radius 2 is 2.00 bits per heavy atom. The van der Waals surface area contributed by atoms with Crippen molar-refractivity contribution in [2.24, 2.45) is 0 Å². The van der Waals surface area contributed by atoms with Crippen molar-refractivity contribution in [1.82, 2.24) is 5.32 Å². The lowest BCUT2D eigenvalue weighted by Crippen LogP contribution is -2.18. The number of rotatable bonds is 7. The zero-order valence-electron chi connectivity index (χ0n) is 15.3. The van der Waals surface area contributed by atoms with E-state index in [1.54, 1.807) is 13.2 Å². The molecule has 2 rings (SSSR count). The quantitative estimate of drug-likeness (QED) is 0.389. The summed E-state index contributed by atoms with van der Waals surface area (Å²) in [5.74, 6) is -0.118. The van der Waals surface area contributed by atoms with Crippen LogP contribution in [-0.4, -0.2) is 19.6 Å². The topological polar surface area (TPSA) is 74.1 Å². The molecule has 2 aromatic rings. The molecule has 0 bridgehead atoms. The second-order valence-corrected chi connectivity index (χ2v) is 6.24. The summed E-state index contributed by atoms with van der Waals surface area (Å²) in [6.07, 6.45) is -2.87. The molecule has 0 saturated carbocycles. The molecule has 1 amide bonds. The first-order chi connectivity index (χ1) is 13.8. The third kappa shape index (κ3) is 6.16. The number of amides is 1. The summed E-state index contributed by atoms with van der Waals surface area (Å²) in [7, 11) is 1.56. The fourth-order valence-electron chi connectivity index (χ4n) is 2.46. The third-order valence-electron chi connectivity index (χ3n) is 3.87. The largest absolute Gasteiger partial charge is 0.496 e. The average molecular weight is 424 g/mol. The number of ether oxygens (including phenoxy) is 1. The zero-order chi connectivity index (χ0) is 21.4. The fourth-order valence-corrected chi connectivity index (χ4v) is 2.68. The van der Waals surface area contributed by atoms with Crippen LogP contribution in [-0.2, 0) is 17.4 Å². The maximum Gasteiger partial charge on any atom is 0.417 e. The van der Waals surface area contributed by atoms with Gasteiger partial charge in [0.25, 0.3) is 5.91 Å². The molecule has 5 nitrogen and oxygen atoms in total. The van der Waals surface area contributed by atoms with Crippen LogP contribution in [0.3, 0.4) is 0 Å². The van der Waals surface area contributed by atoms with Crippen LogP contribution in [0.5, 0.6) is 5.75 Å².